The zero-order valence-electron chi connectivity index (χ0n) is 36.9. The third-order valence-corrected chi connectivity index (χ3v) is 10.8. The number of hydrogen-bond acceptors (Lipinski definition) is 8. The highest BCUT2D eigenvalue weighted by molar-refractivity contribution is 7.47. The number of carboxylic acid groups (broad SMARTS) is 1. The number of carbonyl (C=O) groups is 2. The zero-order chi connectivity index (χ0) is 42.6. The average Bonchev–Trinajstić information content (AvgIpc) is 3.20. The first-order chi connectivity index (χ1) is 28.2. The summed E-state index contributed by atoms with van der Waals surface area (Å²) in [5, 5.41) is 8.90. The maximum absolute atomic E-state index is 12.6. The molecular weight excluding hydrogens is 753 g/mol. The molecule has 0 amide bonds. The minimum Gasteiger partial charge on any atom is -0.480 e. The Kier molecular flexibility index (Phi) is 41.5. The van der Waals surface area contributed by atoms with Gasteiger partial charge in [0.15, 0.2) is 0 Å². The van der Waals surface area contributed by atoms with Crippen LogP contribution < -0.4 is 5.73 Å². The molecule has 3 atom stereocenters. The second-order valence-corrected chi connectivity index (χ2v) is 17.0. The minimum absolute atomic E-state index is 0.0103. The first-order valence-electron chi connectivity index (χ1n) is 23.2. The number of phosphoric acid groups is 1. The molecule has 0 aliphatic rings. The summed E-state index contributed by atoms with van der Waals surface area (Å²) in [4.78, 5) is 33.5. The number of unbranched alkanes of at least 4 members (excludes halogenated alkanes) is 22. The fourth-order valence-corrected chi connectivity index (χ4v) is 7.10. The van der Waals surface area contributed by atoms with E-state index in [0.717, 1.165) is 44.9 Å². The van der Waals surface area contributed by atoms with E-state index >= 15 is 0 Å². The van der Waals surface area contributed by atoms with Gasteiger partial charge in [0.1, 0.15) is 12.1 Å². The van der Waals surface area contributed by atoms with Crippen molar-refractivity contribution in [1.29, 1.82) is 0 Å². The van der Waals surface area contributed by atoms with Crippen LogP contribution in [0.15, 0.2) is 48.6 Å². The lowest BCUT2D eigenvalue weighted by Crippen LogP contribution is -2.34. The molecule has 11 heteroatoms. The Labute approximate surface area is 354 Å². The van der Waals surface area contributed by atoms with Gasteiger partial charge < -0.3 is 25.2 Å². The lowest BCUT2D eigenvalue weighted by atomic mass is 10.0. The molecule has 4 N–H and O–H groups in total. The Hall–Kier alpha value is -2.07. The van der Waals surface area contributed by atoms with Gasteiger partial charge in [0, 0.05) is 13.0 Å². The van der Waals surface area contributed by atoms with Crippen LogP contribution in [0, 0.1) is 0 Å². The van der Waals surface area contributed by atoms with Crippen LogP contribution in [-0.4, -0.2) is 60.5 Å². The number of phosphoric ester groups is 1. The second kappa shape index (κ2) is 43.0. The van der Waals surface area contributed by atoms with E-state index in [1.54, 1.807) is 0 Å². The van der Waals surface area contributed by atoms with Gasteiger partial charge in [0.25, 0.3) is 0 Å². The molecule has 0 aliphatic heterocycles. The number of hydrogen-bond donors (Lipinski definition) is 3. The van der Waals surface area contributed by atoms with Crippen molar-refractivity contribution < 1.29 is 42.7 Å². The smallest absolute Gasteiger partial charge is 0.472 e. The van der Waals surface area contributed by atoms with E-state index in [1.807, 2.05) is 12.2 Å². The molecule has 0 aliphatic carbocycles. The number of allylic oxidation sites excluding steroid dienone is 8. The fourth-order valence-electron chi connectivity index (χ4n) is 6.32. The van der Waals surface area contributed by atoms with Crippen LogP contribution in [0.3, 0.4) is 0 Å². The summed E-state index contributed by atoms with van der Waals surface area (Å²) in [6.45, 7) is 3.69. The van der Waals surface area contributed by atoms with Crippen molar-refractivity contribution >= 4 is 19.8 Å². The van der Waals surface area contributed by atoms with Crippen molar-refractivity contribution in [2.75, 3.05) is 26.4 Å². The third kappa shape index (κ3) is 42.1. The molecule has 0 saturated carbocycles. The number of rotatable bonds is 44. The highest BCUT2D eigenvalue weighted by Gasteiger charge is 2.27. The Morgan fingerprint density at radius 1 is 0.569 bits per heavy atom. The molecule has 0 aromatic heterocycles. The number of nitrogens with two attached hydrogens (primary N) is 1. The summed E-state index contributed by atoms with van der Waals surface area (Å²) in [6.07, 6.45) is 50.6. The van der Waals surface area contributed by atoms with Crippen molar-refractivity contribution in [1.82, 2.24) is 0 Å². The minimum atomic E-state index is -4.63. The molecule has 0 fully saturated rings. The molecule has 0 saturated heterocycles. The number of carbonyl (C=O) groups excluding carboxylic acids is 1. The predicted molar refractivity (Wildman–Crippen MR) is 240 cm³/mol. The van der Waals surface area contributed by atoms with Crippen LogP contribution in [0.5, 0.6) is 0 Å². The summed E-state index contributed by atoms with van der Waals surface area (Å²) < 4.78 is 33.3. The van der Waals surface area contributed by atoms with Crippen LogP contribution in [-0.2, 0) is 32.7 Å². The van der Waals surface area contributed by atoms with Gasteiger partial charge >= 0.3 is 19.8 Å². The van der Waals surface area contributed by atoms with Crippen LogP contribution in [0.2, 0.25) is 0 Å². The number of ether oxygens (including phenoxy) is 2. The van der Waals surface area contributed by atoms with Crippen LogP contribution in [0.25, 0.3) is 0 Å². The Morgan fingerprint density at radius 3 is 1.40 bits per heavy atom. The maximum Gasteiger partial charge on any atom is 0.472 e. The molecule has 0 aromatic carbocycles. The Balaban J connectivity index is 4.15. The van der Waals surface area contributed by atoms with Gasteiger partial charge in [-0.25, -0.2) is 4.57 Å². The predicted octanol–water partition coefficient (Wildman–Crippen LogP) is 13.0. The average molecular weight is 840 g/mol. The summed E-state index contributed by atoms with van der Waals surface area (Å²) in [5.41, 5.74) is 5.35. The van der Waals surface area contributed by atoms with Gasteiger partial charge in [0.2, 0.25) is 0 Å². The summed E-state index contributed by atoms with van der Waals surface area (Å²) in [7, 11) is -4.63. The van der Waals surface area contributed by atoms with Crippen molar-refractivity contribution in [2.45, 2.75) is 212 Å². The normalized spacial score (nSPS) is 14.3. The zero-order valence-corrected chi connectivity index (χ0v) is 37.8. The molecule has 338 valence electrons. The molecule has 10 nitrogen and oxygen atoms in total. The van der Waals surface area contributed by atoms with E-state index in [9.17, 15) is 19.0 Å². The molecule has 0 bridgehead atoms. The molecule has 0 radical (unpaired) electrons. The molecule has 3 unspecified atom stereocenters. The maximum atomic E-state index is 12.6. The topological polar surface area (TPSA) is 155 Å². The van der Waals surface area contributed by atoms with Crippen molar-refractivity contribution in [2.24, 2.45) is 5.73 Å². The van der Waals surface area contributed by atoms with Crippen molar-refractivity contribution in [3.63, 3.8) is 0 Å². The summed E-state index contributed by atoms with van der Waals surface area (Å²) in [6, 6.07) is -1.48. The lowest BCUT2D eigenvalue weighted by molar-refractivity contribution is -0.154. The van der Waals surface area contributed by atoms with E-state index in [0.29, 0.717) is 13.0 Å². The fraction of sp³-hybridized carbons (Fsp3) is 0.787. The molecule has 58 heavy (non-hydrogen) atoms. The summed E-state index contributed by atoms with van der Waals surface area (Å²) in [5.74, 6) is -1.86. The van der Waals surface area contributed by atoms with E-state index in [-0.39, 0.29) is 13.0 Å². The van der Waals surface area contributed by atoms with Crippen LogP contribution in [0.1, 0.15) is 200 Å². The van der Waals surface area contributed by atoms with E-state index in [4.69, 9.17) is 29.4 Å². The van der Waals surface area contributed by atoms with Gasteiger partial charge in [-0.2, -0.15) is 0 Å². The van der Waals surface area contributed by atoms with Crippen molar-refractivity contribution in [3.8, 4) is 0 Å². The Bertz CT molecular complexity index is 1110. The van der Waals surface area contributed by atoms with Crippen LogP contribution >= 0.6 is 7.82 Å². The highest BCUT2D eigenvalue weighted by Crippen LogP contribution is 2.43. The monoisotopic (exact) mass is 840 g/mol. The van der Waals surface area contributed by atoms with Crippen molar-refractivity contribution in [3.05, 3.63) is 48.6 Å². The SMILES string of the molecule is CC/C=C\C/C=C\C/C=C\C/C=C\CCC(=O)OC(COCCCCCCCCCCCCCCCCCCCCCCCCC)COP(=O)(O)OCC(N)C(=O)O. The largest absolute Gasteiger partial charge is 0.480 e. The van der Waals surface area contributed by atoms with Gasteiger partial charge in [-0.05, 0) is 38.5 Å². The van der Waals surface area contributed by atoms with Gasteiger partial charge in [-0.1, -0.05) is 204 Å². The number of esters is 1. The highest BCUT2D eigenvalue weighted by atomic mass is 31.2. The second-order valence-electron chi connectivity index (χ2n) is 15.5. The van der Waals surface area contributed by atoms with Gasteiger partial charge in [-0.15, -0.1) is 0 Å². The molecule has 0 spiro atoms. The quantitative estimate of drug-likeness (QED) is 0.0234. The Morgan fingerprint density at radius 2 is 0.966 bits per heavy atom. The summed E-state index contributed by atoms with van der Waals surface area (Å²) >= 11 is 0. The molecule has 0 aromatic rings. The molecule has 0 rings (SSSR count). The first kappa shape index (κ1) is 55.9. The number of aliphatic carboxylic acids is 1. The molecular formula is C47H86NO9P. The van der Waals surface area contributed by atoms with E-state index in [1.165, 1.54) is 128 Å². The van der Waals surface area contributed by atoms with Gasteiger partial charge in [0.05, 0.1) is 19.8 Å². The van der Waals surface area contributed by atoms with Gasteiger partial charge in [-0.3, -0.25) is 18.6 Å². The van der Waals surface area contributed by atoms with E-state index < -0.39 is 45.1 Å². The third-order valence-electron chi connectivity index (χ3n) is 9.89. The van der Waals surface area contributed by atoms with Crippen LogP contribution in [0.4, 0.5) is 0 Å². The molecule has 0 heterocycles. The lowest BCUT2D eigenvalue weighted by Gasteiger charge is -2.20. The standard InChI is InChI=1S/C47H86NO9P/c1-3-5-7-9-11-13-15-17-18-19-20-21-22-23-24-25-26-28-30-32-34-36-38-40-54-41-44(42-55-58(52,53)56-43-45(48)47(50)51)57-46(49)39-37-35-33-31-29-27-16-14-12-10-8-6-4-2/h6,8,12,14,27,29,33,35,44-45H,3-5,7,9-11,13,15-26,28,30-32,34,36-43,48H2,1-2H3,(H,50,51)(H,52,53)/b8-6-,14-12-,29-27-,35-33-. The first-order valence-corrected chi connectivity index (χ1v) is 24.7. The number of carboxylic acids is 1. The van der Waals surface area contributed by atoms with E-state index in [2.05, 4.69) is 50.3 Å².